The van der Waals surface area contributed by atoms with E-state index in [1.54, 1.807) is 26.0 Å². The first kappa shape index (κ1) is 17.8. The number of phenols is 3. The van der Waals surface area contributed by atoms with Crippen LogP contribution in [0.5, 0.6) is 23.0 Å². The average molecular weight is 356 g/mol. The molecular weight excluding hydrogens is 336 g/mol. The number of carbonyl (C=O) groups excluding carboxylic acids is 1. The maximum absolute atomic E-state index is 12.5. The van der Waals surface area contributed by atoms with Gasteiger partial charge in [-0.15, -0.1) is 0 Å². The summed E-state index contributed by atoms with van der Waals surface area (Å²) in [6.07, 6.45) is 2.40. The zero-order valence-corrected chi connectivity index (χ0v) is 14.4. The van der Waals surface area contributed by atoms with Gasteiger partial charge in [0.25, 0.3) is 0 Å². The minimum absolute atomic E-state index is 0.115. The van der Waals surface area contributed by atoms with Gasteiger partial charge in [0.2, 0.25) is 0 Å². The molecule has 6 nitrogen and oxygen atoms in total. The number of rotatable bonds is 4. The van der Waals surface area contributed by atoms with Crippen LogP contribution < -0.4 is 4.74 Å². The van der Waals surface area contributed by atoms with Crippen LogP contribution in [0.25, 0.3) is 6.08 Å². The molecule has 0 saturated heterocycles. The number of ether oxygens (including phenoxy) is 1. The zero-order valence-electron chi connectivity index (χ0n) is 14.4. The standard InChI is InChI=1S/C20H20O6/c1-20(2,25)17-9-13-16(26-17)10-15(23)18(19(13)24)14(22)8-5-11-3-6-12(21)7-4-11/h3-8,10,17,21,23-25H,9H2,1-2H3. The molecule has 1 unspecified atom stereocenters. The fourth-order valence-electron chi connectivity index (χ4n) is 2.83. The van der Waals surface area contributed by atoms with Crippen LogP contribution in [-0.2, 0) is 6.42 Å². The predicted molar refractivity (Wildman–Crippen MR) is 95.7 cm³/mol. The number of allylic oxidation sites excluding steroid dienone is 1. The summed E-state index contributed by atoms with van der Waals surface area (Å²) in [5.41, 5.74) is -0.277. The number of aromatic hydroxyl groups is 3. The SMILES string of the molecule is CC(C)(O)C1Cc2c(cc(O)c(C(=O)C=Cc3ccc(O)cc3)c2O)O1. The molecule has 1 aliphatic rings. The summed E-state index contributed by atoms with van der Waals surface area (Å²) in [7, 11) is 0. The minimum Gasteiger partial charge on any atom is -0.508 e. The molecule has 0 bridgehead atoms. The first-order valence-electron chi connectivity index (χ1n) is 8.15. The number of aliphatic hydroxyl groups is 1. The second kappa shape index (κ2) is 6.38. The number of hydrogen-bond donors (Lipinski definition) is 4. The monoisotopic (exact) mass is 356 g/mol. The Labute approximate surface area is 150 Å². The van der Waals surface area contributed by atoms with E-state index in [1.165, 1.54) is 30.4 Å². The van der Waals surface area contributed by atoms with Crippen molar-refractivity contribution in [3.05, 3.63) is 53.1 Å². The molecule has 0 amide bonds. The molecule has 6 heteroatoms. The molecule has 0 radical (unpaired) electrons. The lowest BCUT2D eigenvalue weighted by Crippen LogP contribution is -2.39. The topological polar surface area (TPSA) is 107 Å². The fraction of sp³-hybridized carbons (Fsp3) is 0.250. The van der Waals surface area contributed by atoms with E-state index in [4.69, 9.17) is 4.74 Å². The number of phenolic OH excluding ortho intramolecular Hbond substituents is 3. The summed E-state index contributed by atoms with van der Waals surface area (Å²) in [6.45, 7) is 3.18. The van der Waals surface area contributed by atoms with Gasteiger partial charge in [0.05, 0.1) is 5.60 Å². The molecule has 0 saturated carbocycles. The Bertz CT molecular complexity index is 875. The molecule has 2 aromatic carbocycles. The lowest BCUT2D eigenvalue weighted by Gasteiger charge is -2.24. The zero-order chi connectivity index (χ0) is 19.1. The Hall–Kier alpha value is -2.99. The first-order valence-corrected chi connectivity index (χ1v) is 8.15. The van der Waals surface area contributed by atoms with E-state index in [0.717, 1.165) is 0 Å². The van der Waals surface area contributed by atoms with Crippen molar-refractivity contribution in [2.24, 2.45) is 0 Å². The maximum atomic E-state index is 12.5. The van der Waals surface area contributed by atoms with Gasteiger partial charge < -0.3 is 25.2 Å². The normalized spacial score (nSPS) is 16.5. The fourth-order valence-corrected chi connectivity index (χ4v) is 2.83. The maximum Gasteiger partial charge on any atom is 0.193 e. The predicted octanol–water partition coefficient (Wildman–Crippen LogP) is 2.77. The number of carbonyl (C=O) groups is 1. The van der Waals surface area contributed by atoms with Crippen molar-refractivity contribution in [3.63, 3.8) is 0 Å². The molecule has 0 fully saturated rings. The third kappa shape index (κ3) is 3.36. The average Bonchev–Trinajstić information content (AvgIpc) is 2.99. The van der Waals surface area contributed by atoms with Crippen LogP contribution >= 0.6 is 0 Å². The largest absolute Gasteiger partial charge is 0.508 e. The van der Waals surface area contributed by atoms with Gasteiger partial charge in [0.1, 0.15) is 34.7 Å². The van der Waals surface area contributed by atoms with Crippen LogP contribution in [0, 0.1) is 0 Å². The Balaban J connectivity index is 1.90. The number of ketones is 1. The Morgan fingerprint density at radius 3 is 2.46 bits per heavy atom. The minimum atomic E-state index is -1.13. The van der Waals surface area contributed by atoms with E-state index in [9.17, 15) is 25.2 Å². The Morgan fingerprint density at radius 2 is 1.85 bits per heavy atom. The number of fused-ring (bicyclic) bond motifs is 1. The van der Waals surface area contributed by atoms with Crippen LogP contribution in [0.4, 0.5) is 0 Å². The summed E-state index contributed by atoms with van der Waals surface area (Å²) in [4.78, 5) is 12.5. The number of benzene rings is 2. The van der Waals surface area contributed by atoms with Gasteiger partial charge in [0.15, 0.2) is 5.78 Å². The van der Waals surface area contributed by atoms with Crippen LogP contribution in [0.2, 0.25) is 0 Å². The van der Waals surface area contributed by atoms with Crippen LogP contribution in [0.15, 0.2) is 36.4 Å². The van der Waals surface area contributed by atoms with Gasteiger partial charge >= 0.3 is 0 Å². The van der Waals surface area contributed by atoms with E-state index in [1.807, 2.05) is 0 Å². The lowest BCUT2D eigenvalue weighted by atomic mass is 9.95. The van der Waals surface area contributed by atoms with Gasteiger partial charge in [-0.2, -0.15) is 0 Å². The molecule has 1 heterocycles. The first-order chi connectivity index (χ1) is 12.2. The van der Waals surface area contributed by atoms with Crippen molar-refractivity contribution >= 4 is 11.9 Å². The van der Waals surface area contributed by atoms with Crippen LogP contribution in [0.1, 0.15) is 35.3 Å². The molecule has 0 aromatic heterocycles. The van der Waals surface area contributed by atoms with Gasteiger partial charge in [-0.25, -0.2) is 0 Å². The van der Waals surface area contributed by atoms with Gasteiger partial charge in [-0.05, 0) is 37.6 Å². The van der Waals surface area contributed by atoms with Gasteiger partial charge in [-0.1, -0.05) is 18.2 Å². The highest BCUT2D eigenvalue weighted by Crippen LogP contribution is 2.44. The van der Waals surface area contributed by atoms with Crippen LogP contribution in [0.3, 0.4) is 0 Å². The van der Waals surface area contributed by atoms with E-state index < -0.39 is 23.2 Å². The molecule has 1 atom stereocenters. The summed E-state index contributed by atoms with van der Waals surface area (Å²) < 4.78 is 5.59. The number of hydrogen-bond acceptors (Lipinski definition) is 6. The highest BCUT2D eigenvalue weighted by Gasteiger charge is 2.38. The molecular formula is C20H20O6. The van der Waals surface area contributed by atoms with E-state index >= 15 is 0 Å². The Morgan fingerprint density at radius 1 is 1.19 bits per heavy atom. The third-order valence-corrected chi connectivity index (χ3v) is 4.36. The summed E-state index contributed by atoms with van der Waals surface area (Å²) >= 11 is 0. The van der Waals surface area contributed by atoms with Crippen molar-refractivity contribution in [2.75, 3.05) is 0 Å². The molecule has 0 aliphatic carbocycles. The van der Waals surface area contributed by atoms with Crippen molar-refractivity contribution in [1.82, 2.24) is 0 Å². The van der Waals surface area contributed by atoms with Gasteiger partial charge in [0, 0.05) is 18.1 Å². The lowest BCUT2D eigenvalue weighted by molar-refractivity contribution is -0.0230. The van der Waals surface area contributed by atoms with Crippen molar-refractivity contribution < 1.29 is 30.0 Å². The summed E-state index contributed by atoms with van der Waals surface area (Å²) in [5, 5.41) is 40.0. The van der Waals surface area contributed by atoms with Gasteiger partial charge in [-0.3, -0.25) is 4.79 Å². The van der Waals surface area contributed by atoms with E-state index in [-0.39, 0.29) is 29.2 Å². The highest BCUT2D eigenvalue weighted by molar-refractivity contribution is 6.11. The Kier molecular flexibility index (Phi) is 4.38. The second-order valence-corrected chi connectivity index (χ2v) is 6.85. The van der Waals surface area contributed by atoms with Crippen molar-refractivity contribution in [2.45, 2.75) is 32.0 Å². The van der Waals surface area contributed by atoms with E-state index in [0.29, 0.717) is 11.1 Å². The molecule has 2 aromatic rings. The summed E-state index contributed by atoms with van der Waals surface area (Å²) in [6, 6.07) is 7.51. The molecule has 0 spiro atoms. The molecule has 1 aliphatic heterocycles. The van der Waals surface area contributed by atoms with Crippen LogP contribution in [-0.4, -0.2) is 37.9 Å². The smallest absolute Gasteiger partial charge is 0.193 e. The molecule has 4 N–H and O–H groups in total. The van der Waals surface area contributed by atoms with E-state index in [2.05, 4.69) is 0 Å². The molecule has 3 rings (SSSR count). The quantitative estimate of drug-likeness (QED) is 0.496. The molecule has 136 valence electrons. The third-order valence-electron chi connectivity index (χ3n) is 4.36. The molecule has 26 heavy (non-hydrogen) atoms. The van der Waals surface area contributed by atoms with Crippen molar-refractivity contribution in [1.29, 1.82) is 0 Å². The second-order valence-electron chi connectivity index (χ2n) is 6.85. The highest BCUT2D eigenvalue weighted by atomic mass is 16.5. The van der Waals surface area contributed by atoms with Crippen molar-refractivity contribution in [3.8, 4) is 23.0 Å². The summed E-state index contributed by atoms with van der Waals surface area (Å²) in [5.74, 6) is -0.928.